The van der Waals surface area contributed by atoms with E-state index < -0.39 is 10.0 Å². The fourth-order valence-corrected chi connectivity index (χ4v) is 3.01. The lowest BCUT2D eigenvalue weighted by atomic mass is 10.3. The highest BCUT2D eigenvalue weighted by Crippen LogP contribution is 2.22. The summed E-state index contributed by atoms with van der Waals surface area (Å²) in [6, 6.07) is 13.4. The predicted octanol–water partition coefficient (Wildman–Crippen LogP) is 2.28. The summed E-state index contributed by atoms with van der Waals surface area (Å²) in [4.78, 5) is 0.00612. The van der Waals surface area contributed by atoms with Crippen LogP contribution in [0.1, 0.15) is 0 Å². The van der Waals surface area contributed by atoms with Gasteiger partial charge in [-0.1, -0.05) is 29.8 Å². The van der Waals surface area contributed by atoms with Crippen molar-refractivity contribution in [3.63, 3.8) is 0 Å². The second kappa shape index (κ2) is 6.80. The third-order valence-electron chi connectivity index (χ3n) is 2.67. The van der Waals surface area contributed by atoms with E-state index in [9.17, 15) is 8.42 Å². The van der Waals surface area contributed by atoms with E-state index in [1.165, 1.54) is 18.2 Å². The molecule has 112 valence electrons. The number of hydrogen-bond donors (Lipinski definition) is 2. The highest BCUT2D eigenvalue weighted by atomic mass is 35.5. The summed E-state index contributed by atoms with van der Waals surface area (Å²) in [5.41, 5.74) is 5.78. The first-order valence-electron chi connectivity index (χ1n) is 6.21. The van der Waals surface area contributed by atoms with Crippen LogP contribution >= 0.6 is 11.6 Å². The lowest BCUT2D eigenvalue weighted by Crippen LogP contribution is -2.28. The molecule has 0 unspecified atom stereocenters. The molecule has 0 aromatic heterocycles. The summed E-state index contributed by atoms with van der Waals surface area (Å²) in [6.07, 6.45) is 0. The second-order valence-electron chi connectivity index (χ2n) is 4.24. The van der Waals surface area contributed by atoms with Gasteiger partial charge in [-0.3, -0.25) is 0 Å². The van der Waals surface area contributed by atoms with Crippen molar-refractivity contribution in [2.45, 2.75) is 4.90 Å². The van der Waals surface area contributed by atoms with Crippen LogP contribution in [0.5, 0.6) is 5.75 Å². The first-order chi connectivity index (χ1) is 9.99. The first-order valence-corrected chi connectivity index (χ1v) is 8.08. The highest BCUT2D eigenvalue weighted by Gasteiger charge is 2.16. The fraction of sp³-hybridized carbons (Fsp3) is 0.143. The maximum atomic E-state index is 12.1. The Morgan fingerprint density at radius 1 is 1.14 bits per heavy atom. The Hall–Kier alpha value is -1.76. The number of sulfonamides is 1. The fourth-order valence-electron chi connectivity index (χ4n) is 1.70. The van der Waals surface area contributed by atoms with E-state index in [4.69, 9.17) is 22.1 Å². The van der Waals surface area contributed by atoms with E-state index in [1.807, 2.05) is 18.2 Å². The van der Waals surface area contributed by atoms with Crippen LogP contribution < -0.4 is 15.2 Å². The molecule has 0 heterocycles. The lowest BCUT2D eigenvalue weighted by Gasteiger charge is -2.10. The third kappa shape index (κ3) is 4.35. The zero-order valence-corrected chi connectivity index (χ0v) is 12.7. The third-order valence-corrected chi connectivity index (χ3v) is 4.44. The van der Waals surface area contributed by atoms with Crippen molar-refractivity contribution >= 4 is 27.3 Å². The summed E-state index contributed by atoms with van der Waals surface area (Å²) in [5.74, 6) is 0.683. The van der Waals surface area contributed by atoms with Crippen molar-refractivity contribution in [3.05, 3.63) is 53.6 Å². The Labute approximate surface area is 128 Å². The molecule has 7 heteroatoms. The average Bonchev–Trinajstić information content (AvgIpc) is 2.44. The van der Waals surface area contributed by atoms with Gasteiger partial charge >= 0.3 is 0 Å². The molecule has 2 aromatic carbocycles. The van der Waals surface area contributed by atoms with Gasteiger partial charge < -0.3 is 10.5 Å². The predicted molar refractivity (Wildman–Crippen MR) is 83.0 cm³/mol. The molecule has 0 aliphatic carbocycles. The van der Waals surface area contributed by atoms with Gasteiger partial charge in [-0.25, -0.2) is 13.1 Å². The monoisotopic (exact) mass is 326 g/mol. The van der Waals surface area contributed by atoms with Crippen molar-refractivity contribution in [2.75, 3.05) is 18.9 Å². The summed E-state index contributed by atoms with van der Waals surface area (Å²) < 4.78 is 32.0. The van der Waals surface area contributed by atoms with Crippen LogP contribution in [0.2, 0.25) is 5.02 Å². The largest absolute Gasteiger partial charge is 0.492 e. The molecule has 0 fully saturated rings. The SMILES string of the molecule is Nc1cc(Cl)ccc1S(=O)(=O)NCCOc1ccccc1. The smallest absolute Gasteiger partial charge is 0.242 e. The number of halogens is 1. The molecule has 5 nitrogen and oxygen atoms in total. The molecule has 3 N–H and O–H groups in total. The lowest BCUT2D eigenvalue weighted by molar-refractivity contribution is 0.323. The van der Waals surface area contributed by atoms with Crippen LogP contribution in [0.3, 0.4) is 0 Å². The molecule has 0 atom stereocenters. The minimum atomic E-state index is -3.68. The second-order valence-corrected chi connectivity index (χ2v) is 6.41. The first kappa shape index (κ1) is 15.6. The van der Waals surface area contributed by atoms with E-state index in [0.29, 0.717) is 10.8 Å². The minimum Gasteiger partial charge on any atom is -0.492 e. The number of para-hydroxylation sites is 1. The molecule has 2 aromatic rings. The van der Waals surface area contributed by atoms with E-state index in [-0.39, 0.29) is 23.7 Å². The normalized spacial score (nSPS) is 11.3. The zero-order chi connectivity index (χ0) is 15.3. The number of nitrogens with two attached hydrogens (primary N) is 1. The van der Waals surface area contributed by atoms with Gasteiger partial charge in [0.2, 0.25) is 10.0 Å². The standard InChI is InChI=1S/C14H15ClN2O3S/c15-11-6-7-14(13(16)10-11)21(18,19)17-8-9-20-12-4-2-1-3-5-12/h1-7,10,17H,8-9,16H2. The van der Waals surface area contributed by atoms with Crippen LogP contribution in [0.15, 0.2) is 53.4 Å². The van der Waals surface area contributed by atoms with E-state index >= 15 is 0 Å². The molecule has 0 aliphatic heterocycles. The van der Waals surface area contributed by atoms with Crippen LogP contribution in [0.4, 0.5) is 5.69 Å². The molecule has 0 bridgehead atoms. The van der Waals surface area contributed by atoms with E-state index in [0.717, 1.165) is 0 Å². The molecule has 0 radical (unpaired) electrons. The Kier molecular flexibility index (Phi) is 5.06. The minimum absolute atomic E-state index is 0.00612. The molecule has 0 aliphatic rings. The molecule has 0 spiro atoms. The number of nitrogens with one attached hydrogen (secondary N) is 1. The molecule has 0 amide bonds. The Bertz CT molecular complexity index is 705. The van der Waals surface area contributed by atoms with Crippen LogP contribution in [-0.4, -0.2) is 21.6 Å². The Morgan fingerprint density at radius 2 is 1.86 bits per heavy atom. The van der Waals surface area contributed by atoms with Crippen molar-refractivity contribution in [2.24, 2.45) is 0 Å². The number of anilines is 1. The zero-order valence-electron chi connectivity index (χ0n) is 11.1. The van der Waals surface area contributed by atoms with Gasteiger partial charge in [0.05, 0.1) is 5.69 Å². The van der Waals surface area contributed by atoms with Crippen molar-refractivity contribution in [1.29, 1.82) is 0 Å². The van der Waals surface area contributed by atoms with Crippen LogP contribution in [0.25, 0.3) is 0 Å². The van der Waals surface area contributed by atoms with Gasteiger partial charge in [-0.05, 0) is 30.3 Å². The molecular weight excluding hydrogens is 312 g/mol. The van der Waals surface area contributed by atoms with Crippen molar-refractivity contribution in [1.82, 2.24) is 4.72 Å². The van der Waals surface area contributed by atoms with Gasteiger partial charge in [0.15, 0.2) is 0 Å². The summed E-state index contributed by atoms with van der Waals surface area (Å²) >= 11 is 5.75. The maximum absolute atomic E-state index is 12.1. The summed E-state index contributed by atoms with van der Waals surface area (Å²) in [5, 5.41) is 0.388. The van der Waals surface area contributed by atoms with Gasteiger partial charge in [-0.15, -0.1) is 0 Å². The van der Waals surface area contributed by atoms with Crippen molar-refractivity contribution < 1.29 is 13.2 Å². The molecule has 0 saturated heterocycles. The average molecular weight is 327 g/mol. The highest BCUT2D eigenvalue weighted by molar-refractivity contribution is 7.89. The van der Waals surface area contributed by atoms with E-state index in [1.54, 1.807) is 12.1 Å². The van der Waals surface area contributed by atoms with Crippen molar-refractivity contribution in [3.8, 4) is 5.75 Å². The van der Waals surface area contributed by atoms with Gasteiger partial charge in [-0.2, -0.15) is 0 Å². The summed E-state index contributed by atoms with van der Waals surface area (Å²) in [6.45, 7) is 0.357. The number of nitrogen functional groups attached to an aromatic ring is 1. The summed E-state index contributed by atoms with van der Waals surface area (Å²) in [7, 11) is -3.68. The van der Waals surface area contributed by atoms with E-state index in [2.05, 4.69) is 4.72 Å². The molecular formula is C14H15ClN2O3S. The molecule has 2 rings (SSSR count). The number of ether oxygens (including phenoxy) is 1. The van der Waals surface area contributed by atoms with Crippen LogP contribution in [-0.2, 0) is 10.0 Å². The topological polar surface area (TPSA) is 81.4 Å². The Balaban J connectivity index is 1.92. The number of hydrogen-bond acceptors (Lipinski definition) is 4. The van der Waals surface area contributed by atoms with Gasteiger partial charge in [0.1, 0.15) is 17.3 Å². The maximum Gasteiger partial charge on any atom is 0.242 e. The Morgan fingerprint density at radius 3 is 2.52 bits per heavy atom. The number of benzene rings is 2. The van der Waals surface area contributed by atoms with Gasteiger partial charge in [0, 0.05) is 11.6 Å². The van der Waals surface area contributed by atoms with Crippen LogP contribution in [0, 0.1) is 0 Å². The quantitative estimate of drug-likeness (QED) is 0.630. The van der Waals surface area contributed by atoms with Gasteiger partial charge in [0.25, 0.3) is 0 Å². The number of rotatable bonds is 6. The molecule has 21 heavy (non-hydrogen) atoms. The molecule has 0 saturated carbocycles.